The number of aliphatic imine (C=N–C) groups is 1. The summed E-state index contributed by atoms with van der Waals surface area (Å²) in [5.74, 6) is 0.763. The van der Waals surface area contributed by atoms with Gasteiger partial charge in [-0.1, -0.05) is 13.8 Å². The Bertz CT molecular complexity index is 349. The lowest BCUT2D eigenvalue weighted by Gasteiger charge is -2.24. The zero-order valence-corrected chi connectivity index (χ0v) is 16.7. The number of rotatable bonds is 7. The fourth-order valence-electron chi connectivity index (χ4n) is 2.46. The summed E-state index contributed by atoms with van der Waals surface area (Å²) < 4.78 is 0. The molecule has 0 bridgehead atoms. The van der Waals surface area contributed by atoms with Crippen molar-refractivity contribution in [3.05, 3.63) is 0 Å². The third kappa shape index (κ3) is 7.62. The molecule has 2 N–H and O–H groups in total. The van der Waals surface area contributed by atoms with E-state index in [2.05, 4.69) is 34.4 Å². The van der Waals surface area contributed by atoms with Gasteiger partial charge in [-0.05, 0) is 32.4 Å². The summed E-state index contributed by atoms with van der Waals surface area (Å²) in [7, 11) is 3.50. The van der Waals surface area contributed by atoms with Gasteiger partial charge < -0.3 is 15.5 Å². The Morgan fingerprint density at radius 2 is 2.05 bits per heavy atom. The molecule has 1 saturated heterocycles. The van der Waals surface area contributed by atoms with Crippen LogP contribution in [0.2, 0.25) is 0 Å². The molecular weight excluding hydrogens is 393 g/mol. The fraction of sp³-hybridized carbons (Fsp3) is 0.867. The van der Waals surface area contributed by atoms with Gasteiger partial charge >= 0.3 is 0 Å². The second-order valence-electron chi connectivity index (χ2n) is 5.69. The standard InChI is InChI=1S/C15H31N5O.HI/c1-5-9-16-15(18-12-14(21)19(3)4)17-11-13-8-7-10-20(13)6-2;/h13H,5-12H2,1-4H3,(H2,16,17,18);1H. The molecule has 1 atom stereocenters. The number of amides is 1. The topological polar surface area (TPSA) is 60.0 Å². The third-order valence-corrected chi connectivity index (χ3v) is 3.82. The minimum Gasteiger partial charge on any atom is -0.356 e. The largest absolute Gasteiger partial charge is 0.356 e. The molecule has 1 amide bonds. The van der Waals surface area contributed by atoms with Gasteiger partial charge in [0.15, 0.2) is 5.96 Å². The lowest BCUT2D eigenvalue weighted by molar-refractivity contribution is -0.127. The van der Waals surface area contributed by atoms with Crippen molar-refractivity contribution in [2.75, 3.05) is 46.8 Å². The van der Waals surface area contributed by atoms with Crippen LogP contribution in [0, 0.1) is 0 Å². The van der Waals surface area contributed by atoms with Gasteiger partial charge in [-0.15, -0.1) is 24.0 Å². The van der Waals surface area contributed by atoms with Gasteiger partial charge in [0, 0.05) is 33.2 Å². The average molecular weight is 425 g/mol. The summed E-state index contributed by atoms with van der Waals surface area (Å²) in [4.78, 5) is 20.1. The lowest BCUT2D eigenvalue weighted by Crippen LogP contribution is -2.45. The lowest BCUT2D eigenvalue weighted by atomic mass is 10.2. The van der Waals surface area contributed by atoms with E-state index in [9.17, 15) is 4.79 Å². The van der Waals surface area contributed by atoms with E-state index in [1.54, 1.807) is 19.0 Å². The molecule has 22 heavy (non-hydrogen) atoms. The Kier molecular flexibility index (Phi) is 11.6. The van der Waals surface area contributed by atoms with E-state index in [1.807, 2.05) is 0 Å². The molecule has 0 aromatic rings. The predicted octanol–water partition coefficient (Wildman–Crippen LogP) is 1.12. The van der Waals surface area contributed by atoms with Crippen LogP contribution in [-0.4, -0.2) is 74.5 Å². The normalized spacial score (nSPS) is 18.7. The quantitative estimate of drug-likeness (QED) is 0.365. The van der Waals surface area contributed by atoms with Crippen molar-refractivity contribution in [2.45, 2.75) is 39.2 Å². The smallest absolute Gasteiger partial charge is 0.243 e. The minimum atomic E-state index is 0. The molecule has 1 aliphatic heterocycles. The number of carbonyl (C=O) groups excluding carboxylic acids is 1. The number of carbonyl (C=O) groups is 1. The molecule has 0 aliphatic carbocycles. The molecule has 0 spiro atoms. The van der Waals surface area contributed by atoms with Gasteiger partial charge in [-0.3, -0.25) is 9.69 Å². The van der Waals surface area contributed by atoms with E-state index in [0.29, 0.717) is 6.04 Å². The Hall–Kier alpha value is -0.570. The molecule has 1 aliphatic rings. The second kappa shape index (κ2) is 11.9. The number of nitrogens with zero attached hydrogens (tertiary/aromatic N) is 3. The highest BCUT2D eigenvalue weighted by atomic mass is 127. The summed E-state index contributed by atoms with van der Waals surface area (Å²) >= 11 is 0. The number of nitrogens with one attached hydrogen (secondary N) is 2. The fourth-order valence-corrected chi connectivity index (χ4v) is 2.46. The van der Waals surface area contributed by atoms with Crippen LogP contribution in [-0.2, 0) is 4.79 Å². The maximum atomic E-state index is 11.6. The number of likely N-dealkylation sites (tertiary alicyclic amines) is 1. The van der Waals surface area contributed by atoms with Crippen LogP contribution >= 0.6 is 24.0 Å². The molecule has 1 fully saturated rings. The zero-order valence-electron chi connectivity index (χ0n) is 14.4. The van der Waals surface area contributed by atoms with E-state index in [4.69, 9.17) is 0 Å². The maximum absolute atomic E-state index is 11.6. The Morgan fingerprint density at radius 1 is 1.32 bits per heavy atom. The zero-order chi connectivity index (χ0) is 15.7. The van der Waals surface area contributed by atoms with Crippen LogP contribution in [0.15, 0.2) is 4.99 Å². The number of hydrogen-bond acceptors (Lipinski definition) is 3. The molecule has 6 nitrogen and oxygen atoms in total. The molecule has 7 heteroatoms. The first-order valence-corrected chi connectivity index (χ1v) is 8.04. The molecule has 130 valence electrons. The molecule has 0 aromatic carbocycles. The number of halogens is 1. The van der Waals surface area contributed by atoms with Gasteiger partial charge in [0.1, 0.15) is 6.54 Å². The Balaban J connectivity index is 0.00000441. The highest BCUT2D eigenvalue weighted by molar-refractivity contribution is 14.0. The van der Waals surface area contributed by atoms with Crippen molar-refractivity contribution in [3.63, 3.8) is 0 Å². The number of likely N-dealkylation sites (N-methyl/N-ethyl adjacent to an activating group) is 2. The number of guanidine groups is 1. The van der Waals surface area contributed by atoms with E-state index in [-0.39, 0.29) is 36.4 Å². The monoisotopic (exact) mass is 425 g/mol. The van der Waals surface area contributed by atoms with Crippen LogP contribution < -0.4 is 10.6 Å². The highest BCUT2D eigenvalue weighted by Gasteiger charge is 2.22. The molecule has 0 radical (unpaired) electrons. The first-order chi connectivity index (χ1) is 10.1. The molecule has 0 saturated carbocycles. The van der Waals surface area contributed by atoms with Gasteiger partial charge in [0.25, 0.3) is 0 Å². The van der Waals surface area contributed by atoms with Gasteiger partial charge in [-0.25, -0.2) is 4.99 Å². The summed E-state index contributed by atoms with van der Waals surface area (Å²) in [6.07, 6.45) is 3.54. The van der Waals surface area contributed by atoms with Gasteiger partial charge in [0.05, 0.1) is 0 Å². The predicted molar refractivity (Wildman–Crippen MR) is 103 cm³/mol. The van der Waals surface area contributed by atoms with Gasteiger partial charge in [0.2, 0.25) is 5.91 Å². The minimum absolute atomic E-state index is 0. The van der Waals surface area contributed by atoms with E-state index >= 15 is 0 Å². The maximum Gasteiger partial charge on any atom is 0.243 e. The van der Waals surface area contributed by atoms with Crippen molar-refractivity contribution in [1.29, 1.82) is 0 Å². The average Bonchev–Trinajstić information content (AvgIpc) is 2.93. The van der Waals surface area contributed by atoms with Crippen LogP contribution in [0.4, 0.5) is 0 Å². The highest BCUT2D eigenvalue weighted by Crippen LogP contribution is 2.15. The summed E-state index contributed by atoms with van der Waals surface area (Å²) in [6.45, 7) is 8.55. The van der Waals surface area contributed by atoms with Crippen molar-refractivity contribution >= 4 is 35.8 Å². The van der Waals surface area contributed by atoms with Crippen LogP contribution in [0.5, 0.6) is 0 Å². The van der Waals surface area contributed by atoms with Gasteiger partial charge in [-0.2, -0.15) is 0 Å². The van der Waals surface area contributed by atoms with E-state index in [1.165, 1.54) is 19.4 Å². The summed E-state index contributed by atoms with van der Waals surface area (Å²) in [5, 5.41) is 6.65. The summed E-state index contributed by atoms with van der Waals surface area (Å²) in [5.41, 5.74) is 0. The Labute approximate surface area is 152 Å². The molecule has 1 rings (SSSR count). The number of hydrogen-bond donors (Lipinski definition) is 2. The molecule has 1 unspecified atom stereocenters. The van der Waals surface area contributed by atoms with Crippen molar-refractivity contribution in [1.82, 2.24) is 20.4 Å². The third-order valence-electron chi connectivity index (χ3n) is 3.82. The van der Waals surface area contributed by atoms with Crippen LogP contribution in [0.25, 0.3) is 0 Å². The SMILES string of the molecule is CCCNC(=NCC(=O)N(C)C)NCC1CCCN1CC.I. The molecular formula is C15H32IN5O. The molecule has 0 aromatic heterocycles. The van der Waals surface area contributed by atoms with Crippen LogP contribution in [0.3, 0.4) is 0 Å². The van der Waals surface area contributed by atoms with E-state index < -0.39 is 0 Å². The summed E-state index contributed by atoms with van der Waals surface area (Å²) in [6, 6.07) is 0.577. The first-order valence-electron chi connectivity index (χ1n) is 8.04. The Morgan fingerprint density at radius 3 is 2.64 bits per heavy atom. The van der Waals surface area contributed by atoms with Crippen molar-refractivity contribution in [2.24, 2.45) is 4.99 Å². The van der Waals surface area contributed by atoms with E-state index in [0.717, 1.165) is 32.0 Å². The van der Waals surface area contributed by atoms with Crippen molar-refractivity contribution < 1.29 is 4.79 Å². The first kappa shape index (κ1) is 21.4. The molecule has 1 heterocycles. The second-order valence-corrected chi connectivity index (χ2v) is 5.69. The van der Waals surface area contributed by atoms with Crippen LogP contribution in [0.1, 0.15) is 33.1 Å². The van der Waals surface area contributed by atoms with Crippen molar-refractivity contribution in [3.8, 4) is 0 Å².